The van der Waals surface area contributed by atoms with Crippen molar-refractivity contribution in [1.29, 1.82) is 0 Å². The Bertz CT molecular complexity index is 368. The molecule has 0 aromatic heterocycles. The standard InChI is InChI=1S/C11H16N4O/c1-7-9(8-5-3-2-4-6-8)14-15-10(7)11(16)13-12/h2-7,9-10,14-15H,12H2,1H3,(H,13,16). The second-order valence-electron chi connectivity index (χ2n) is 4.02. The summed E-state index contributed by atoms with van der Waals surface area (Å²) in [4.78, 5) is 11.5. The van der Waals surface area contributed by atoms with Crippen LogP contribution in [0.1, 0.15) is 18.5 Å². The SMILES string of the molecule is CC1C(C(=O)NN)NNC1c1ccccc1. The summed E-state index contributed by atoms with van der Waals surface area (Å²) in [6.45, 7) is 2.02. The fourth-order valence-corrected chi connectivity index (χ4v) is 2.08. The van der Waals surface area contributed by atoms with Crippen molar-refractivity contribution in [3.63, 3.8) is 0 Å². The maximum Gasteiger partial charge on any atom is 0.252 e. The average Bonchev–Trinajstić information content (AvgIpc) is 2.71. The Kier molecular flexibility index (Phi) is 3.19. The molecule has 16 heavy (non-hydrogen) atoms. The Morgan fingerprint density at radius 3 is 2.62 bits per heavy atom. The fraction of sp³-hybridized carbons (Fsp3) is 0.364. The topological polar surface area (TPSA) is 79.2 Å². The number of hydrogen-bond acceptors (Lipinski definition) is 4. The minimum atomic E-state index is -0.296. The van der Waals surface area contributed by atoms with Crippen LogP contribution in [0.5, 0.6) is 0 Å². The maximum absolute atomic E-state index is 11.5. The number of hydrogen-bond donors (Lipinski definition) is 4. The van der Waals surface area contributed by atoms with E-state index < -0.39 is 0 Å². The molecule has 5 nitrogen and oxygen atoms in total. The molecule has 0 radical (unpaired) electrons. The largest absolute Gasteiger partial charge is 0.293 e. The van der Waals surface area contributed by atoms with Crippen molar-refractivity contribution >= 4 is 5.91 Å². The van der Waals surface area contributed by atoms with Gasteiger partial charge in [-0.25, -0.2) is 16.7 Å². The predicted molar refractivity (Wildman–Crippen MR) is 60.7 cm³/mol. The van der Waals surface area contributed by atoms with E-state index in [-0.39, 0.29) is 23.9 Å². The Morgan fingerprint density at radius 2 is 2.00 bits per heavy atom. The highest BCUT2D eigenvalue weighted by Crippen LogP contribution is 2.27. The molecule has 1 aliphatic heterocycles. The molecule has 1 aromatic rings. The average molecular weight is 220 g/mol. The molecule has 0 bridgehead atoms. The van der Waals surface area contributed by atoms with Crippen LogP contribution in [0, 0.1) is 5.92 Å². The summed E-state index contributed by atoms with van der Waals surface area (Å²) in [5, 5.41) is 0. The molecule has 0 aliphatic carbocycles. The lowest BCUT2D eigenvalue weighted by Gasteiger charge is -2.17. The quantitative estimate of drug-likeness (QED) is 0.317. The van der Waals surface area contributed by atoms with E-state index in [9.17, 15) is 4.79 Å². The van der Waals surface area contributed by atoms with Gasteiger partial charge in [0.05, 0.1) is 6.04 Å². The van der Waals surface area contributed by atoms with Gasteiger partial charge < -0.3 is 0 Å². The van der Waals surface area contributed by atoms with Crippen LogP contribution < -0.4 is 22.1 Å². The molecular weight excluding hydrogens is 204 g/mol. The van der Waals surface area contributed by atoms with Crippen LogP contribution in [0.4, 0.5) is 0 Å². The van der Waals surface area contributed by atoms with Gasteiger partial charge in [0.2, 0.25) is 0 Å². The molecule has 86 valence electrons. The van der Waals surface area contributed by atoms with Crippen molar-refractivity contribution in [3.8, 4) is 0 Å². The van der Waals surface area contributed by atoms with Crippen LogP contribution in [-0.4, -0.2) is 11.9 Å². The summed E-state index contributed by atoms with van der Waals surface area (Å²) in [7, 11) is 0. The van der Waals surface area contributed by atoms with Gasteiger partial charge in [0.25, 0.3) is 5.91 Å². The van der Waals surface area contributed by atoms with Gasteiger partial charge in [0.1, 0.15) is 6.04 Å². The molecule has 5 N–H and O–H groups in total. The van der Waals surface area contributed by atoms with Gasteiger partial charge >= 0.3 is 0 Å². The third-order valence-corrected chi connectivity index (χ3v) is 3.03. The van der Waals surface area contributed by atoms with E-state index in [2.05, 4.69) is 16.3 Å². The van der Waals surface area contributed by atoms with Crippen LogP contribution >= 0.6 is 0 Å². The first-order chi connectivity index (χ1) is 7.74. The van der Waals surface area contributed by atoms with E-state index in [1.54, 1.807) is 0 Å². The van der Waals surface area contributed by atoms with Crippen LogP contribution in [0.3, 0.4) is 0 Å². The Balaban J connectivity index is 2.13. The van der Waals surface area contributed by atoms with E-state index in [1.165, 1.54) is 0 Å². The van der Waals surface area contributed by atoms with Crippen molar-refractivity contribution < 1.29 is 4.79 Å². The second kappa shape index (κ2) is 4.61. The van der Waals surface area contributed by atoms with Gasteiger partial charge in [-0.15, -0.1) is 0 Å². The number of amides is 1. The summed E-state index contributed by atoms with van der Waals surface area (Å²) in [6.07, 6.45) is 0. The lowest BCUT2D eigenvalue weighted by molar-refractivity contribution is -0.123. The first kappa shape index (κ1) is 11.1. The molecule has 1 aliphatic rings. The van der Waals surface area contributed by atoms with E-state index in [4.69, 9.17) is 5.84 Å². The zero-order valence-corrected chi connectivity index (χ0v) is 9.10. The highest BCUT2D eigenvalue weighted by atomic mass is 16.2. The van der Waals surface area contributed by atoms with Crippen LogP contribution in [-0.2, 0) is 4.79 Å². The predicted octanol–water partition coefficient (Wildman–Crippen LogP) is -0.170. The first-order valence-electron chi connectivity index (χ1n) is 5.30. The van der Waals surface area contributed by atoms with Crippen LogP contribution in [0.25, 0.3) is 0 Å². The lowest BCUT2D eigenvalue weighted by Crippen LogP contribution is -2.47. The van der Waals surface area contributed by atoms with Crippen molar-refractivity contribution in [1.82, 2.24) is 16.3 Å². The van der Waals surface area contributed by atoms with Crippen LogP contribution in [0.2, 0.25) is 0 Å². The molecule has 1 saturated heterocycles. The summed E-state index contributed by atoms with van der Waals surface area (Å²) in [5.74, 6) is 5.08. The summed E-state index contributed by atoms with van der Waals surface area (Å²) < 4.78 is 0. The Hall–Kier alpha value is -1.43. The summed E-state index contributed by atoms with van der Waals surface area (Å²) in [5.41, 5.74) is 9.41. The monoisotopic (exact) mass is 220 g/mol. The molecule has 2 rings (SSSR count). The zero-order chi connectivity index (χ0) is 11.5. The molecule has 1 heterocycles. The fourth-order valence-electron chi connectivity index (χ4n) is 2.08. The van der Waals surface area contributed by atoms with Crippen molar-refractivity contribution in [2.45, 2.75) is 19.0 Å². The van der Waals surface area contributed by atoms with E-state index in [0.29, 0.717) is 0 Å². The van der Waals surface area contributed by atoms with E-state index >= 15 is 0 Å². The van der Waals surface area contributed by atoms with Crippen molar-refractivity contribution in [2.75, 3.05) is 0 Å². The lowest BCUT2D eigenvalue weighted by atomic mass is 9.91. The minimum absolute atomic E-state index is 0.128. The normalized spacial score (nSPS) is 29.0. The van der Waals surface area contributed by atoms with Gasteiger partial charge in [0, 0.05) is 5.92 Å². The molecule has 1 fully saturated rings. The van der Waals surface area contributed by atoms with Gasteiger partial charge in [-0.05, 0) is 5.56 Å². The number of nitrogens with two attached hydrogens (primary N) is 1. The zero-order valence-electron chi connectivity index (χ0n) is 9.10. The molecule has 0 saturated carbocycles. The molecule has 3 unspecified atom stereocenters. The van der Waals surface area contributed by atoms with E-state index in [0.717, 1.165) is 5.56 Å². The number of carbonyl (C=O) groups is 1. The van der Waals surface area contributed by atoms with Gasteiger partial charge in [-0.3, -0.25) is 10.2 Å². The molecule has 0 spiro atoms. The smallest absolute Gasteiger partial charge is 0.252 e. The third kappa shape index (κ3) is 1.92. The minimum Gasteiger partial charge on any atom is -0.293 e. The number of benzene rings is 1. The Labute approximate surface area is 94.3 Å². The molecule has 1 aromatic carbocycles. The number of hydrazine groups is 2. The molecule has 1 amide bonds. The van der Waals surface area contributed by atoms with Gasteiger partial charge in [-0.1, -0.05) is 37.3 Å². The highest BCUT2D eigenvalue weighted by molar-refractivity contribution is 5.81. The Morgan fingerprint density at radius 1 is 1.31 bits per heavy atom. The number of nitrogens with one attached hydrogen (secondary N) is 3. The molecule has 3 atom stereocenters. The first-order valence-corrected chi connectivity index (χ1v) is 5.30. The van der Waals surface area contributed by atoms with Gasteiger partial charge in [0.15, 0.2) is 0 Å². The number of carbonyl (C=O) groups excluding carboxylic acids is 1. The molecular formula is C11H16N4O. The van der Waals surface area contributed by atoms with Gasteiger partial charge in [-0.2, -0.15) is 0 Å². The summed E-state index contributed by atoms with van der Waals surface area (Å²) >= 11 is 0. The highest BCUT2D eigenvalue weighted by Gasteiger charge is 2.37. The third-order valence-electron chi connectivity index (χ3n) is 3.03. The number of rotatable bonds is 2. The van der Waals surface area contributed by atoms with E-state index in [1.807, 2.05) is 37.3 Å². The molecule has 5 heteroatoms. The second-order valence-corrected chi connectivity index (χ2v) is 4.02. The van der Waals surface area contributed by atoms with Crippen molar-refractivity contribution in [2.24, 2.45) is 11.8 Å². The van der Waals surface area contributed by atoms with Crippen molar-refractivity contribution in [3.05, 3.63) is 35.9 Å². The van der Waals surface area contributed by atoms with Crippen LogP contribution in [0.15, 0.2) is 30.3 Å². The summed E-state index contributed by atoms with van der Waals surface area (Å²) in [6, 6.07) is 9.86. The maximum atomic E-state index is 11.5.